The van der Waals surface area contributed by atoms with E-state index in [1.807, 2.05) is 6.08 Å². The lowest BCUT2D eigenvalue weighted by Gasteiger charge is -2.44. The minimum Gasteiger partial charge on any atom is -0.508 e. The van der Waals surface area contributed by atoms with E-state index in [9.17, 15) is 24.3 Å². The van der Waals surface area contributed by atoms with Gasteiger partial charge in [0.2, 0.25) is 23.6 Å². The molecule has 4 aliphatic rings. The molecule has 5 rings (SSSR count). The Morgan fingerprint density at radius 1 is 0.903 bits per heavy atom. The zero-order chi connectivity index (χ0) is 22.2. The highest BCUT2D eigenvalue weighted by Gasteiger charge is 2.61. The zero-order valence-corrected chi connectivity index (χ0v) is 17.6. The van der Waals surface area contributed by atoms with Crippen LogP contribution < -0.4 is 4.74 Å². The Hall–Kier alpha value is -3.16. The quantitative estimate of drug-likeness (QED) is 0.567. The van der Waals surface area contributed by atoms with E-state index in [1.165, 1.54) is 32.2 Å². The molecule has 4 amide bonds. The molecule has 1 aromatic rings. The van der Waals surface area contributed by atoms with Gasteiger partial charge in [0.05, 0.1) is 30.8 Å². The maximum atomic E-state index is 13.1. The molecule has 0 radical (unpaired) electrons. The molecule has 6 atom stereocenters. The number of nitrogens with zero attached hydrogens (tertiary/aromatic N) is 2. The highest BCUT2D eigenvalue weighted by molar-refractivity contribution is 6.07. The fourth-order valence-corrected chi connectivity index (χ4v) is 6.25. The second-order valence-corrected chi connectivity index (χ2v) is 8.89. The summed E-state index contributed by atoms with van der Waals surface area (Å²) in [7, 11) is 4.46. The van der Waals surface area contributed by atoms with Gasteiger partial charge in [-0.2, -0.15) is 0 Å². The molecule has 0 spiro atoms. The van der Waals surface area contributed by atoms with Gasteiger partial charge in [0.25, 0.3) is 0 Å². The lowest BCUT2D eigenvalue weighted by Crippen LogP contribution is -2.43. The van der Waals surface area contributed by atoms with Crippen molar-refractivity contribution in [2.24, 2.45) is 29.6 Å². The molecule has 0 aromatic heterocycles. The first kappa shape index (κ1) is 19.8. The number of carbonyl (C=O) groups is 4. The Morgan fingerprint density at radius 2 is 1.55 bits per heavy atom. The third kappa shape index (κ3) is 2.47. The number of aromatic hydroxyl groups is 1. The Morgan fingerprint density at radius 3 is 2.23 bits per heavy atom. The Labute approximate surface area is 179 Å². The fraction of sp³-hybridized carbons (Fsp3) is 0.478. The second kappa shape index (κ2) is 6.67. The highest BCUT2D eigenvalue weighted by atomic mass is 16.5. The molecule has 1 N–H and O–H groups in total. The fourth-order valence-electron chi connectivity index (χ4n) is 6.25. The first-order valence-electron chi connectivity index (χ1n) is 10.5. The SMILES string of the molecule is COc1cccc(O)c1[C@H]1C2=CC[C@@H]3C(=O)N(C)C(=O)[C@@H]3[C@@H]2C[C@H]2C(=O)N(C)C(=O)[C@@H]12. The van der Waals surface area contributed by atoms with Crippen molar-refractivity contribution < 1.29 is 29.0 Å². The predicted octanol–water partition coefficient (Wildman–Crippen LogP) is 1.30. The van der Waals surface area contributed by atoms with Crippen molar-refractivity contribution in [2.45, 2.75) is 18.8 Å². The summed E-state index contributed by atoms with van der Waals surface area (Å²) >= 11 is 0. The van der Waals surface area contributed by atoms with Gasteiger partial charge >= 0.3 is 0 Å². The van der Waals surface area contributed by atoms with Crippen LogP contribution in [0.2, 0.25) is 0 Å². The first-order valence-corrected chi connectivity index (χ1v) is 10.5. The minimum atomic E-state index is -0.677. The smallest absolute Gasteiger partial charge is 0.233 e. The van der Waals surface area contributed by atoms with Gasteiger partial charge in [0.15, 0.2) is 0 Å². The topological polar surface area (TPSA) is 104 Å². The van der Waals surface area contributed by atoms with E-state index in [1.54, 1.807) is 12.1 Å². The molecular formula is C23H24N2O6. The van der Waals surface area contributed by atoms with E-state index in [0.29, 0.717) is 24.2 Å². The number of phenols is 1. The summed E-state index contributed by atoms with van der Waals surface area (Å²) in [6.07, 6.45) is 2.68. The average molecular weight is 424 g/mol. The van der Waals surface area contributed by atoms with Crippen LogP contribution in [0.15, 0.2) is 29.8 Å². The molecule has 8 nitrogen and oxygen atoms in total. The maximum absolute atomic E-state index is 13.1. The van der Waals surface area contributed by atoms with E-state index in [0.717, 1.165) is 10.5 Å². The molecule has 2 aliphatic heterocycles. The molecule has 31 heavy (non-hydrogen) atoms. The van der Waals surface area contributed by atoms with E-state index in [2.05, 4.69) is 0 Å². The predicted molar refractivity (Wildman–Crippen MR) is 108 cm³/mol. The highest BCUT2D eigenvalue weighted by Crippen LogP contribution is 2.59. The average Bonchev–Trinajstić information content (AvgIpc) is 3.12. The number of ether oxygens (including phenoxy) is 1. The van der Waals surface area contributed by atoms with Crippen molar-refractivity contribution in [3.8, 4) is 11.5 Å². The van der Waals surface area contributed by atoms with Crippen molar-refractivity contribution in [3.05, 3.63) is 35.4 Å². The zero-order valence-electron chi connectivity index (χ0n) is 17.6. The normalized spacial score (nSPS) is 34.5. The lowest BCUT2D eigenvalue weighted by atomic mass is 9.57. The Bertz CT molecular complexity index is 1060. The van der Waals surface area contributed by atoms with Crippen LogP contribution in [-0.4, -0.2) is 59.7 Å². The van der Waals surface area contributed by atoms with Crippen LogP contribution in [0, 0.1) is 29.6 Å². The molecule has 0 bridgehead atoms. The van der Waals surface area contributed by atoms with Gasteiger partial charge in [0.1, 0.15) is 11.5 Å². The largest absolute Gasteiger partial charge is 0.508 e. The summed E-state index contributed by atoms with van der Waals surface area (Å²) < 4.78 is 5.51. The van der Waals surface area contributed by atoms with Gasteiger partial charge in [-0.15, -0.1) is 0 Å². The van der Waals surface area contributed by atoms with Crippen LogP contribution in [0.5, 0.6) is 11.5 Å². The van der Waals surface area contributed by atoms with Crippen molar-refractivity contribution in [1.82, 2.24) is 9.80 Å². The Balaban J connectivity index is 1.71. The summed E-state index contributed by atoms with van der Waals surface area (Å²) in [6, 6.07) is 4.90. The van der Waals surface area contributed by atoms with Crippen LogP contribution in [0.4, 0.5) is 0 Å². The van der Waals surface area contributed by atoms with Gasteiger partial charge in [-0.25, -0.2) is 0 Å². The Kier molecular flexibility index (Phi) is 4.26. The number of hydrogen-bond acceptors (Lipinski definition) is 6. The number of likely N-dealkylation sites (tertiary alicyclic amines) is 2. The molecular weight excluding hydrogens is 400 g/mol. The van der Waals surface area contributed by atoms with Gasteiger partial charge < -0.3 is 9.84 Å². The van der Waals surface area contributed by atoms with E-state index in [-0.39, 0.29) is 35.3 Å². The summed E-state index contributed by atoms with van der Waals surface area (Å²) in [5.41, 5.74) is 1.30. The van der Waals surface area contributed by atoms with Gasteiger partial charge in [-0.3, -0.25) is 29.0 Å². The molecule has 8 heteroatoms. The number of methoxy groups -OCH3 is 1. The standard InChI is InChI=1S/C23H24N2O6/c1-24-20(27)11-8-7-10-12(16(11)22(24)29)9-13-18(23(30)25(2)21(13)28)17(10)19-14(26)5-4-6-15(19)31-3/h4-7,11-13,16-18,26H,8-9H2,1-3H3/t11-,12+,13+,16-,17-,18+/m0/s1. The van der Waals surface area contributed by atoms with Gasteiger partial charge in [-0.05, 0) is 30.9 Å². The number of fused-ring (bicyclic) bond motifs is 4. The number of allylic oxidation sites excluding steroid dienone is 2. The number of imide groups is 2. The second-order valence-electron chi connectivity index (χ2n) is 8.89. The lowest BCUT2D eigenvalue weighted by molar-refractivity contribution is -0.140. The maximum Gasteiger partial charge on any atom is 0.233 e. The van der Waals surface area contributed by atoms with E-state index >= 15 is 0 Å². The molecule has 3 fully saturated rings. The van der Waals surface area contributed by atoms with Gasteiger partial charge in [-0.1, -0.05) is 17.7 Å². The van der Waals surface area contributed by atoms with Crippen LogP contribution in [0.1, 0.15) is 24.3 Å². The third-order valence-electron chi connectivity index (χ3n) is 7.66. The summed E-state index contributed by atoms with van der Waals surface area (Å²) in [5, 5.41) is 10.8. The first-order chi connectivity index (χ1) is 14.8. The van der Waals surface area contributed by atoms with Crippen molar-refractivity contribution in [1.29, 1.82) is 0 Å². The van der Waals surface area contributed by atoms with E-state index < -0.39 is 29.6 Å². The molecule has 162 valence electrons. The van der Waals surface area contributed by atoms with E-state index in [4.69, 9.17) is 4.74 Å². The van der Waals surface area contributed by atoms with Crippen LogP contribution >= 0.6 is 0 Å². The van der Waals surface area contributed by atoms with Gasteiger partial charge in [0, 0.05) is 25.6 Å². The minimum absolute atomic E-state index is 0.0208. The number of carbonyl (C=O) groups excluding carboxylic acids is 4. The van der Waals surface area contributed by atoms with Crippen LogP contribution in [-0.2, 0) is 19.2 Å². The monoisotopic (exact) mass is 424 g/mol. The number of amides is 4. The van der Waals surface area contributed by atoms with Crippen molar-refractivity contribution in [2.75, 3.05) is 21.2 Å². The number of rotatable bonds is 2. The number of phenolic OH excluding ortho intramolecular Hbond substituents is 1. The summed E-state index contributed by atoms with van der Waals surface area (Å²) in [6.45, 7) is 0. The molecule has 1 aromatic carbocycles. The third-order valence-corrected chi connectivity index (χ3v) is 7.66. The molecule has 1 saturated carbocycles. The summed E-state index contributed by atoms with van der Waals surface area (Å²) in [4.78, 5) is 54.0. The van der Waals surface area contributed by atoms with Crippen molar-refractivity contribution >= 4 is 23.6 Å². The molecule has 2 aliphatic carbocycles. The number of hydrogen-bond donors (Lipinski definition) is 1. The number of benzene rings is 1. The molecule has 0 unspecified atom stereocenters. The molecule has 2 saturated heterocycles. The van der Waals surface area contributed by atoms with Crippen molar-refractivity contribution in [3.63, 3.8) is 0 Å². The van der Waals surface area contributed by atoms with Crippen LogP contribution in [0.3, 0.4) is 0 Å². The molecule has 2 heterocycles. The van der Waals surface area contributed by atoms with Crippen LogP contribution in [0.25, 0.3) is 0 Å². The summed E-state index contributed by atoms with van der Waals surface area (Å²) in [5.74, 6) is -3.84.